The maximum Gasteiger partial charge on any atom is 0.535 e. The molecule has 12 heteroatoms. The summed E-state index contributed by atoms with van der Waals surface area (Å²) >= 11 is 0. The van der Waals surface area contributed by atoms with E-state index in [2.05, 4.69) is 6.92 Å². The zero-order valence-electron chi connectivity index (χ0n) is 30.1. The molecule has 2 unspecified atom stereocenters. The van der Waals surface area contributed by atoms with Gasteiger partial charge in [0.15, 0.2) is 0 Å². The van der Waals surface area contributed by atoms with Crippen LogP contribution in [-0.2, 0) is 24.3 Å². The van der Waals surface area contributed by atoms with Crippen molar-refractivity contribution in [1.82, 2.24) is 4.31 Å². The molecule has 0 spiro atoms. The summed E-state index contributed by atoms with van der Waals surface area (Å²) in [4.78, 5) is 42.4. The van der Waals surface area contributed by atoms with Crippen molar-refractivity contribution in [3.05, 3.63) is 0 Å². The lowest BCUT2D eigenvalue weighted by Crippen LogP contribution is -2.70. The van der Waals surface area contributed by atoms with Crippen LogP contribution in [0.1, 0.15) is 151 Å². The molecular weight excluding hydrogens is 608 g/mol. The number of hydrogen-bond donors (Lipinski definition) is 2. The van der Waals surface area contributed by atoms with Crippen molar-refractivity contribution in [1.29, 1.82) is 0 Å². The predicted octanol–water partition coefficient (Wildman–Crippen LogP) is 6.76. The third kappa shape index (κ3) is 14.7. The summed E-state index contributed by atoms with van der Waals surface area (Å²) in [5.41, 5.74) is 9.92. The van der Waals surface area contributed by atoms with Crippen molar-refractivity contribution in [2.24, 2.45) is 11.5 Å². The second-order valence-corrected chi connectivity index (χ2v) is 17.0. The summed E-state index contributed by atoms with van der Waals surface area (Å²) < 4.78 is 38.9. The van der Waals surface area contributed by atoms with Gasteiger partial charge in [-0.2, -0.15) is 13.9 Å². The molecule has 0 aromatic carbocycles. The first-order valence-corrected chi connectivity index (χ1v) is 19.4. The van der Waals surface area contributed by atoms with Crippen molar-refractivity contribution >= 4 is 28.1 Å². The molecule has 1 aliphatic heterocycles. The SMILES string of the molecule is CCCCCCCCCCCCS(=O)(=O)N1CCCCC1C[N+](C(=O)OC(C)(C)C)(C(=O)OC(C)(C)C)C(=O)C(N)CCCCN. The number of sulfonamides is 1. The third-order valence-corrected chi connectivity index (χ3v) is 10.2. The Balaban J connectivity index is 3.30. The van der Waals surface area contributed by atoms with E-state index in [1.54, 1.807) is 41.5 Å². The highest BCUT2D eigenvalue weighted by Crippen LogP contribution is 2.30. The largest absolute Gasteiger partial charge is 0.535 e. The van der Waals surface area contributed by atoms with Crippen LogP contribution in [0.4, 0.5) is 9.59 Å². The Hall–Kier alpha value is -1.60. The van der Waals surface area contributed by atoms with Gasteiger partial charge < -0.3 is 20.9 Å². The molecule has 0 saturated carbocycles. The summed E-state index contributed by atoms with van der Waals surface area (Å²) in [7, 11) is -3.74. The van der Waals surface area contributed by atoms with Crippen LogP contribution in [0, 0.1) is 0 Å². The lowest BCUT2D eigenvalue weighted by atomic mass is 10.0. The fraction of sp³-hybridized carbons (Fsp3) is 0.912. The van der Waals surface area contributed by atoms with Crippen LogP contribution in [0.3, 0.4) is 0 Å². The molecule has 4 N–H and O–H groups in total. The van der Waals surface area contributed by atoms with Gasteiger partial charge in [0.2, 0.25) is 10.0 Å². The number of nitrogens with two attached hydrogens (primary N) is 2. The first-order valence-electron chi connectivity index (χ1n) is 17.8. The van der Waals surface area contributed by atoms with Crippen LogP contribution in [0.25, 0.3) is 0 Å². The number of unbranched alkanes of at least 4 members (excludes halogenated alkanes) is 10. The van der Waals surface area contributed by atoms with Crippen LogP contribution < -0.4 is 11.5 Å². The van der Waals surface area contributed by atoms with Crippen LogP contribution in [0.5, 0.6) is 0 Å². The van der Waals surface area contributed by atoms with E-state index in [1.165, 1.54) is 42.8 Å². The van der Waals surface area contributed by atoms with E-state index < -0.39 is 62.4 Å². The molecule has 1 heterocycles. The van der Waals surface area contributed by atoms with Crippen molar-refractivity contribution < 1.29 is 36.8 Å². The van der Waals surface area contributed by atoms with Gasteiger partial charge in [-0.3, -0.25) is 0 Å². The summed E-state index contributed by atoms with van der Waals surface area (Å²) in [5, 5.41) is 0. The molecule has 3 amide bonds. The van der Waals surface area contributed by atoms with Gasteiger partial charge in [0.1, 0.15) is 23.8 Å². The number of rotatable bonds is 19. The molecule has 2 atom stereocenters. The van der Waals surface area contributed by atoms with Gasteiger partial charge in [0, 0.05) is 6.54 Å². The van der Waals surface area contributed by atoms with Crippen molar-refractivity contribution in [3.8, 4) is 0 Å². The smallest absolute Gasteiger partial charge is 0.414 e. The van der Waals surface area contributed by atoms with Gasteiger partial charge in [-0.1, -0.05) is 75.6 Å². The maximum absolute atomic E-state index is 14.3. The fourth-order valence-corrected chi connectivity index (χ4v) is 7.65. The minimum Gasteiger partial charge on any atom is -0.414 e. The van der Waals surface area contributed by atoms with Crippen LogP contribution in [0.15, 0.2) is 0 Å². The molecular formula is C34H67N4O7S+. The molecule has 11 nitrogen and oxygen atoms in total. The highest BCUT2D eigenvalue weighted by molar-refractivity contribution is 7.89. The Labute approximate surface area is 280 Å². The Morgan fingerprint density at radius 3 is 1.78 bits per heavy atom. The molecule has 270 valence electrons. The van der Waals surface area contributed by atoms with E-state index in [-0.39, 0.29) is 18.7 Å². The Morgan fingerprint density at radius 1 is 0.804 bits per heavy atom. The van der Waals surface area contributed by atoms with Crippen LogP contribution in [-0.4, -0.2) is 84.0 Å². The monoisotopic (exact) mass is 675 g/mol. The number of hydrogen-bond acceptors (Lipinski definition) is 9. The maximum atomic E-state index is 14.3. The van der Waals surface area contributed by atoms with Gasteiger partial charge in [-0.05, 0) is 86.6 Å². The number of imide groups is 3. The fourth-order valence-electron chi connectivity index (χ4n) is 5.82. The number of piperidine rings is 1. The number of nitrogens with zero attached hydrogens (tertiary/aromatic N) is 2. The first kappa shape index (κ1) is 42.4. The summed E-state index contributed by atoms with van der Waals surface area (Å²) in [6.45, 7) is 12.3. The van der Waals surface area contributed by atoms with Crippen molar-refractivity contribution in [2.45, 2.75) is 174 Å². The number of carbonyl (C=O) groups excluding carboxylic acids is 3. The third-order valence-electron chi connectivity index (χ3n) is 8.24. The molecule has 0 aromatic rings. The Kier molecular flexibility index (Phi) is 18.5. The zero-order valence-corrected chi connectivity index (χ0v) is 30.9. The van der Waals surface area contributed by atoms with E-state index in [0.29, 0.717) is 45.1 Å². The van der Waals surface area contributed by atoms with Gasteiger partial charge in [-0.25, -0.2) is 13.2 Å². The molecule has 1 fully saturated rings. The highest BCUT2D eigenvalue weighted by atomic mass is 32.2. The van der Waals surface area contributed by atoms with E-state index in [9.17, 15) is 22.8 Å². The van der Waals surface area contributed by atoms with Crippen LogP contribution >= 0.6 is 0 Å². The molecule has 0 aromatic heterocycles. The Morgan fingerprint density at radius 2 is 1.30 bits per heavy atom. The van der Waals surface area contributed by atoms with Gasteiger partial charge in [-0.15, -0.1) is 0 Å². The second kappa shape index (κ2) is 20.0. The second-order valence-electron chi connectivity index (χ2n) is 14.9. The summed E-state index contributed by atoms with van der Waals surface area (Å²) in [6.07, 6.45) is 11.7. The standard InChI is InChI=1S/C34H67N4O7S/c1-8-9-10-11-12-13-14-15-16-21-26-46(42,43)37-25-20-18-22-28(37)27-38(31(40)44-33(2,3)4,32(41)45-34(5,6)7)30(39)29(36)23-17-19-24-35/h28-29H,8-27,35-36H2,1-7H3/q+1. The van der Waals surface area contributed by atoms with Gasteiger partial charge >= 0.3 is 18.1 Å². The Bertz CT molecular complexity index is 1010. The van der Waals surface area contributed by atoms with E-state index in [4.69, 9.17) is 20.9 Å². The normalized spacial score (nSPS) is 17.5. The summed E-state index contributed by atoms with van der Waals surface area (Å²) in [5.74, 6) is -0.885. The topological polar surface area (TPSA) is 159 Å². The average molecular weight is 676 g/mol. The van der Waals surface area contributed by atoms with E-state index in [1.807, 2.05) is 0 Å². The minimum atomic E-state index is -3.74. The van der Waals surface area contributed by atoms with Crippen LogP contribution in [0.2, 0.25) is 0 Å². The number of amides is 3. The zero-order chi connectivity index (χ0) is 35.0. The summed E-state index contributed by atoms with van der Waals surface area (Å²) in [6, 6.07) is -1.98. The molecule has 1 aliphatic rings. The molecule has 0 radical (unpaired) electrons. The highest BCUT2D eigenvalue weighted by Gasteiger charge is 2.61. The van der Waals surface area contributed by atoms with Crippen molar-refractivity contribution in [2.75, 3.05) is 25.4 Å². The van der Waals surface area contributed by atoms with Crippen molar-refractivity contribution in [3.63, 3.8) is 0 Å². The van der Waals surface area contributed by atoms with Gasteiger partial charge in [0.25, 0.3) is 0 Å². The van der Waals surface area contributed by atoms with E-state index >= 15 is 0 Å². The lowest BCUT2D eigenvalue weighted by molar-refractivity contribution is -0.715. The molecule has 46 heavy (non-hydrogen) atoms. The van der Waals surface area contributed by atoms with E-state index in [0.717, 1.165) is 19.3 Å². The average Bonchev–Trinajstić information content (AvgIpc) is 2.94. The predicted molar refractivity (Wildman–Crippen MR) is 183 cm³/mol. The quantitative estimate of drug-likeness (QED) is 0.111. The minimum absolute atomic E-state index is 0.0224. The molecule has 1 saturated heterocycles. The number of quaternary nitrogens is 1. The number of ether oxygens (including phenoxy) is 2. The lowest BCUT2D eigenvalue weighted by Gasteiger charge is -2.40. The molecule has 0 aliphatic carbocycles. The first-order chi connectivity index (χ1) is 21.4. The molecule has 0 bridgehead atoms. The number of carbonyl (C=O) groups is 3. The molecule has 1 rings (SSSR count). The van der Waals surface area contributed by atoms with Gasteiger partial charge in [0.05, 0.1) is 11.8 Å².